The van der Waals surface area contributed by atoms with Gasteiger partial charge in [-0.15, -0.1) is 5.10 Å². The first-order valence-electron chi connectivity index (χ1n) is 10.4. The van der Waals surface area contributed by atoms with E-state index in [1.165, 1.54) is 17.3 Å². The molecule has 2 aromatic carbocycles. The van der Waals surface area contributed by atoms with Gasteiger partial charge in [0.25, 0.3) is 5.56 Å². The SMILES string of the molecule is CCc1ccc(-c2nc(SCc3nc4ccccc4c(=O)n3Cc3ccco3)n[nH]2)cc1. The summed E-state index contributed by atoms with van der Waals surface area (Å²) in [5.74, 6) is 2.52. The third-order valence-corrected chi connectivity index (χ3v) is 6.11. The Morgan fingerprint density at radius 2 is 1.88 bits per heavy atom. The van der Waals surface area contributed by atoms with Crippen LogP contribution in [-0.2, 0) is 18.7 Å². The van der Waals surface area contributed by atoms with Gasteiger partial charge in [0.15, 0.2) is 5.82 Å². The van der Waals surface area contributed by atoms with Gasteiger partial charge >= 0.3 is 0 Å². The van der Waals surface area contributed by atoms with Gasteiger partial charge in [-0.3, -0.25) is 14.5 Å². The first kappa shape index (κ1) is 20.3. The third-order valence-electron chi connectivity index (χ3n) is 5.27. The highest BCUT2D eigenvalue weighted by Gasteiger charge is 2.14. The molecule has 0 atom stereocenters. The van der Waals surface area contributed by atoms with E-state index in [1.54, 1.807) is 16.9 Å². The van der Waals surface area contributed by atoms with Crippen LogP contribution in [0.5, 0.6) is 0 Å². The Morgan fingerprint density at radius 3 is 2.66 bits per heavy atom. The zero-order valence-electron chi connectivity index (χ0n) is 17.5. The van der Waals surface area contributed by atoms with Crippen LogP contribution >= 0.6 is 11.8 Å². The standard InChI is InChI=1S/C24H21N5O2S/c1-2-16-9-11-17(12-10-16)22-26-24(28-27-22)32-15-21-25-20-8-4-3-7-19(20)23(30)29(21)14-18-6-5-13-31-18/h3-13H,2,14-15H2,1H3,(H,26,27,28). The molecule has 0 amide bonds. The highest BCUT2D eigenvalue weighted by Crippen LogP contribution is 2.23. The molecule has 8 heteroatoms. The number of thioether (sulfide) groups is 1. The van der Waals surface area contributed by atoms with Gasteiger partial charge in [-0.05, 0) is 36.2 Å². The lowest BCUT2D eigenvalue weighted by Crippen LogP contribution is -2.25. The summed E-state index contributed by atoms with van der Waals surface area (Å²) in [5, 5.41) is 8.53. The molecule has 0 saturated heterocycles. The summed E-state index contributed by atoms with van der Waals surface area (Å²) < 4.78 is 7.12. The van der Waals surface area contributed by atoms with Crippen molar-refractivity contribution in [3.05, 3.63) is 94.4 Å². The Labute approximate surface area is 188 Å². The Balaban J connectivity index is 1.42. The third kappa shape index (κ3) is 4.09. The zero-order valence-corrected chi connectivity index (χ0v) is 18.3. The molecule has 0 aliphatic carbocycles. The molecule has 5 rings (SSSR count). The number of nitrogens with one attached hydrogen (secondary N) is 1. The van der Waals surface area contributed by atoms with Crippen molar-refractivity contribution in [3.8, 4) is 11.4 Å². The van der Waals surface area contributed by atoms with Crippen molar-refractivity contribution in [2.45, 2.75) is 30.8 Å². The van der Waals surface area contributed by atoms with Gasteiger partial charge in [0, 0.05) is 5.56 Å². The van der Waals surface area contributed by atoms with Crippen molar-refractivity contribution in [1.82, 2.24) is 24.7 Å². The van der Waals surface area contributed by atoms with Gasteiger partial charge in [-0.2, -0.15) is 0 Å². The molecule has 5 aromatic rings. The molecule has 0 spiro atoms. The fourth-order valence-electron chi connectivity index (χ4n) is 3.51. The smallest absolute Gasteiger partial charge is 0.261 e. The van der Waals surface area contributed by atoms with Crippen LogP contribution in [0.2, 0.25) is 0 Å². The number of furan rings is 1. The van der Waals surface area contributed by atoms with Gasteiger partial charge in [-0.25, -0.2) is 9.97 Å². The van der Waals surface area contributed by atoms with E-state index in [1.807, 2.05) is 42.5 Å². The van der Waals surface area contributed by atoms with Crippen molar-refractivity contribution in [2.75, 3.05) is 0 Å². The fourth-order valence-corrected chi connectivity index (χ4v) is 4.26. The van der Waals surface area contributed by atoms with E-state index in [4.69, 9.17) is 9.40 Å². The van der Waals surface area contributed by atoms with Crippen LogP contribution in [0.25, 0.3) is 22.3 Å². The Hall–Kier alpha value is -3.65. The molecule has 0 radical (unpaired) electrons. The Kier molecular flexibility index (Phi) is 5.60. The van der Waals surface area contributed by atoms with Gasteiger partial charge in [0.05, 0.1) is 29.5 Å². The number of aryl methyl sites for hydroxylation is 1. The number of para-hydroxylation sites is 1. The van der Waals surface area contributed by atoms with Crippen molar-refractivity contribution < 1.29 is 4.42 Å². The van der Waals surface area contributed by atoms with Crippen LogP contribution in [0.15, 0.2) is 81.3 Å². The molecule has 160 valence electrons. The highest BCUT2D eigenvalue weighted by atomic mass is 32.2. The molecule has 3 heterocycles. The molecule has 0 aliphatic rings. The molecular weight excluding hydrogens is 422 g/mol. The maximum atomic E-state index is 13.2. The largest absolute Gasteiger partial charge is 0.467 e. The van der Waals surface area contributed by atoms with E-state index in [0.29, 0.717) is 39.9 Å². The predicted octanol–water partition coefficient (Wildman–Crippen LogP) is 4.68. The molecule has 0 saturated carbocycles. The number of aromatic nitrogens is 5. The van der Waals surface area contributed by atoms with Crippen LogP contribution in [0.4, 0.5) is 0 Å². The van der Waals surface area contributed by atoms with Gasteiger partial charge in [0.2, 0.25) is 5.16 Å². The quantitative estimate of drug-likeness (QED) is 0.368. The molecule has 0 unspecified atom stereocenters. The number of nitrogens with zero attached hydrogens (tertiary/aromatic N) is 4. The summed E-state index contributed by atoms with van der Waals surface area (Å²) in [5.41, 5.74) is 2.85. The maximum Gasteiger partial charge on any atom is 0.261 e. The Morgan fingerprint density at radius 1 is 1.03 bits per heavy atom. The van der Waals surface area contributed by atoms with Crippen LogP contribution in [0.3, 0.4) is 0 Å². The van der Waals surface area contributed by atoms with Crippen molar-refractivity contribution in [3.63, 3.8) is 0 Å². The van der Waals surface area contributed by atoms with Crippen LogP contribution < -0.4 is 5.56 Å². The molecule has 0 aliphatic heterocycles. The van der Waals surface area contributed by atoms with E-state index in [9.17, 15) is 4.79 Å². The second-order valence-electron chi connectivity index (χ2n) is 7.32. The number of aromatic amines is 1. The number of fused-ring (bicyclic) bond motifs is 1. The number of hydrogen-bond acceptors (Lipinski definition) is 6. The lowest BCUT2D eigenvalue weighted by molar-refractivity contribution is 0.485. The van der Waals surface area contributed by atoms with Crippen molar-refractivity contribution in [1.29, 1.82) is 0 Å². The van der Waals surface area contributed by atoms with Gasteiger partial charge in [-0.1, -0.05) is 55.1 Å². The number of rotatable bonds is 7. The summed E-state index contributed by atoms with van der Waals surface area (Å²) >= 11 is 1.43. The molecular formula is C24H21N5O2S. The van der Waals surface area contributed by atoms with E-state index in [-0.39, 0.29) is 5.56 Å². The zero-order chi connectivity index (χ0) is 21.9. The van der Waals surface area contributed by atoms with E-state index >= 15 is 0 Å². The minimum Gasteiger partial charge on any atom is -0.467 e. The predicted molar refractivity (Wildman–Crippen MR) is 125 cm³/mol. The summed E-state index contributed by atoms with van der Waals surface area (Å²) in [7, 11) is 0. The summed E-state index contributed by atoms with van der Waals surface area (Å²) in [6.07, 6.45) is 2.60. The fraction of sp³-hybridized carbons (Fsp3) is 0.167. The first-order valence-corrected chi connectivity index (χ1v) is 11.3. The van der Waals surface area contributed by atoms with Crippen LogP contribution in [0.1, 0.15) is 24.1 Å². The second-order valence-corrected chi connectivity index (χ2v) is 8.26. The van der Waals surface area contributed by atoms with Crippen molar-refractivity contribution in [2.24, 2.45) is 0 Å². The van der Waals surface area contributed by atoms with Gasteiger partial charge < -0.3 is 4.42 Å². The molecule has 32 heavy (non-hydrogen) atoms. The number of benzene rings is 2. The lowest BCUT2D eigenvalue weighted by Gasteiger charge is -2.11. The van der Waals surface area contributed by atoms with E-state index in [2.05, 4.69) is 34.2 Å². The van der Waals surface area contributed by atoms with E-state index in [0.717, 1.165) is 17.8 Å². The summed E-state index contributed by atoms with van der Waals surface area (Å²) in [4.78, 5) is 22.5. The molecule has 0 fully saturated rings. The normalized spacial score (nSPS) is 11.3. The summed E-state index contributed by atoms with van der Waals surface area (Å²) in [6.45, 7) is 2.45. The van der Waals surface area contributed by atoms with E-state index < -0.39 is 0 Å². The van der Waals surface area contributed by atoms with Crippen LogP contribution in [0, 0.1) is 0 Å². The summed E-state index contributed by atoms with van der Waals surface area (Å²) in [6, 6.07) is 19.3. The Bertz CT molecular complexity index is 1400. The molecule has 3 aromatic heterocycles. The monoisotopic (exact) mass is 443 g/mol. The molecule has 1 N–H and O–H groups in total. The maximum absolute atomic E-state index is 13.2. The average molecular weight is 444 g/mol. The second kappa shape index (κ2) is 8.84. The molecule has 0 bridgehead atoms. The first-order chi connectivity index (χ1) is 15.7. The van der Waals surface area contributed by atoms with Crippen molar-refractivity contribution >= 4 is 22.7 Å². The van der Waals surface area contributed by atoms with Crippen LogP contribution in [-0.4, -0.2) is 24.7 Å². The minimum absolute atomic E-state index is 0.0886. The number of H-pyrrole nitrogens is 1. The number of hydrogen-bond donors (Lipinski definition) is 1. The van der Waals surface area contributed by atoms with Gasteiger partial charge in [0.1, 0.15) is 11.6 Å². The topological polar surface area (TPSA) is 89.6 Å². The molecule has 7 nitrogen and oxygen atoms in total. The lowest BCUT2D eigenvalue weighted by atomic mass is 10.1. The minimum atomic E-state index is -0.0886. The highest BCUT2D eigenvalue weighted by molar-refractivity contribution is 7.98. The average Bonchev–Trinajstić information content (AvgIpc) is 3.52.